The Bertz CT molecular complexity index is 581. The molecule has 1 aromatic rings. The summed E-state index contributed by atoms with van der Waals surface area (Å²) >= 11 is 5.20. The third kappa shape index (κ3) is 1.73. The molecule has 2 heterocycles. The number of nitrogens with one attached hydrogen (secondary N) is 2. The van der Waals surface area contributed by atoms with Gasteiger partial charge < -0.3 is 5.32 Å². The molecule has 20 heavy (non-hydrogen) atoms. The molecule has 2 aliphatic rings. The highest BCUT2D eigenvalue weighted by molar-refractivity contribution is 7.80. The van der Waals surface area contributed by atoms with Gasteiger partial charge in [0.25, 0.3) is 0 Å². The van der Waals surface area contributed by atoms with Crippen LogP contribution in [0, 0.1) is 11.2 Å². The van der Waals surface area contributed by atoms with Gasteiger partial charge in [0.2, 0.25) is 5.91 Å². The van der Waals surface area contributed by atoms with Gasteiger partial charge in [-0.1, -0.05) is 12.2 Å². The average molecular weight is 294 g/mol. The first kappa shape index (κ1) is 13.4. The zero-order chi connectivity index (χ0) is 14.3. The van der Waals surface area contributed by atoms with Crippen LogP contribution in [-0.2, 0) is 4.79 Å². The molecule has 0 aromatic carbocycles. The van der Waals surface area contributed by atoms with Gasteiger partial charge in [-0.15, -0.1) is 0 Å². The summed E-state index contributed by atoms with van der Waals surface area (Å²) in [6.07, 6.45) is 3.44. The van der Waals surface area contributed by atoms with E-state index in [9.17, 15) is 9.18 Å². The van der Waals surface area contributed by atoms with Gasteiger partial charge in [-0.05, 0) is 31.4 Å². The SMILES string of the molecule is NNC(=O)[C@]12CCC(c3ncccc3F)C[C@@H]1NC2=S. The number of hydrogen-bond donors (Lipinski definition) is 3. The standard InChI is InChI=1S/C13H15FN4OS/c14-8-2-1-5-16-10(8)7-3-4-13(11(19)18-15)9(6-7)17-12(13)20/h1-2,5,7,9H,3-4,6,15H2,(H,17,20)(H,18,19)/t7?,9-,13-/m0/s1. The van der Waals surface area contributed by atoms with Crippen molar-refractivity contribution < 1.29 is 9.18 Å². The predicted molar refractivity (Wildman–Crippen MR) is 75.1 cm³/mol. The van der Waals surface area contributed by atoms with Crippen LogP contribution in [0.4, 0.5) is 4.39 Å². The number of amides is 1. The summed E-state index contributed by atoms with van der Waals surface area (Å²) in [5.74, 6) is 4.70. The Morgan fingerprint density at radius 2 is 2.45 bits per heavy atom. The molecule has 0 bridgehead atoms. The first-order valence-corrected chi connectivity index (χ1v) is 6.93. The highest BCUT2D eigenvalue weighted by atomic mass is 32.1. The van der Waals surface area contributed by atoms with Gasteiger partial charge in [-0.3, -0.25) is 15.2 Å². The lowest BCUT2D eigenvalue weighted by Gasteiger charge is -2.54. The summed E-state index contributed by atoms with van der Waals surface area (Å²) in [6.45, 7) is 0. The van der Waals surface area contributed by atoms with Crippen molar-refractivity contribution in [1.29, 1.82) is 0 Å². The molecule has 1 saturated heterocycles. The van der Waals surface area contributed by atoms with Crippen molar-refractivity contribution in [3.8, 4) is 0 Å². The van der Waals surface area contributed by atoms with E-state index in [-0.39, 0.29) is 23.7 Å². The largest absolute Gasteiger partial charge is 0.374 e. The van der Waals surface area contributed by atoms with E-state index in [2.05, 4.69) is 15.7 Å². The van der Waals surface area contributed by atoms with Gasteiger partial charge in [-0.2, -0.15) is 0 Å². The van der Waals surface area contributed by atoms with Crippen LogP contribution < -0.4 is 16.6 Å². The second-order valence-corrected chi connectivity index (χ2v) is 5.72. The molecule has 0 radical (unpaired) electrons. The molecule has 1 aliphatic heterocycles. The summed E-state index contributed by atoms with van der Waals surface area (Å²) < 4.78 is 13.8. The quantitative estimate of drug-likeness (QED) is 0.325. The van der Waals surface area contributed by atoms with Gasteiger partial charge in [0, 0.05) is 18.2 Å². The maximum absolute atomic E-state index is 13.8. The first-order valence-electron chi connectivity index (χ1n) is 6.52. The van der Waals surface area contributed by atoms with Gasteiger partial charge in [0.1, 0.15) is 11.2 Å². The van der Waals surface area contributed by atoms with Gasteiger partial charge in [0.05, 0.1) is 10.7 Å². The van der Waals surface area contributed by atoms with Crippen LogP contribution in [0.1, 0.15) is 30.9 Å². The van der Waals surface area contributed by atoms with Crippen LogP contribution >= 0.6 is 12.2 Å². The number of pyridine rings is 1. The summed E-state index contributed by atoms with van der Waals surface area (Å²) in [5.41, 5.74) is 1.95. The van der Waals surface area contributed by atoms with Gasteiger partial charge >= 0.3 is 0 Å². The summed E-state index contributed by atoms with van der Waals surface area (Å²) in [7, 11) is 0. The smallest absolute Gasteiger partial charge is 0.249 e. The van der Waals surface area contributed by atoms with Crippen LogP contribution in [0.15, 0.2) is 18.3 Å². The molecule has 7 heteroatoms. The first-order chi connectivity index (χ1) is 9.59. The minimum absolute atomic E-state index is 0.00417. The second-order valence-electron chi connectivity index (χ2n) is 5.31. The Labute approximate surface area is 121 Å². The highest BCUT2D eigenvalue weighted by Crippen LogP contribution is 2.48. The van der Waals surface area contributed by atoms with E-state index >= 15 is 0 Å². The molecule has 1 saturated carbocycles. The van der Waals surface area contributed by atoms with Crippen molar-refractivity contribution in [2.45, 2.75) is 31.2 Å². The Hall–Kier alpha value is -1.60. The molecule has 5 nitrogen and oxygen atoms in total. The zero-order valence-electron chi connectivity index (χ0n) is 10.7. The maximum atomic E-state index is 13.8. The van der Waals surface area contributed by atoms with E-state index in [1.54, 1.807) is 12.3 Å². The van der Waals surface area contributed by atoms with E-state index in [1.807, 2.05) is 0 Å². The van der Waals surface area contributed by atoms with E-state index in [1.165, 1.54) is 6.07 Å². The van der Waals surface area contributed by atoms with Crippen molar-refractivity contribution in [3.05, 3.63) is 29.8 Å². The molecule has 2 fully saturated rings. The van der Waals surface area contributed by atoms with Crippen LogP contribution in [0.3, 0.4) is 0 Å². The molecule has 4 N–H and O–H groups in total. The number of fused-ring (bicyclic) bond motifs is 1. The van der Waals surface area contributed by atoms with Crippen molar-refractivity contribution in [1.82, 2.24) is 15.7 Å². The molecular weight excluding hydrogens is 279 g/mol. The molecule has 1 aliphatic carbocycles. The summed E-state index contributed by atoms with van der Waals surface area (Å²) in [5, 5.41) is 3.08. The molecule has 1 aromatic heterocycles. The third-order valence-corrected chi connectivity index (χ3v) is 4.90. The number of hydrazine groups is 1. The Morgan fingerprint density at radius 1 is 1.65 bits per heavy atom. The van der Waals surface area contributed by atoms with E-state index < -0.39 is 5.41 Å². The molecule has 3 atom stereocenters. The average Bonchev–Trinajstić information content (AvgIpc) is 2.45. The van der Waals surface area contributed by atoms with E-state index in [0.29, 0.717) is 29.9 Å². The number of thiocarbonyl (C=S) groups is 1. The van der Waals surface area contributed by atoms with Crippen molar-refractivity contribution in [2.75, 3.05) is 0 Å². The number of carbonyl (C=O) groups is 1. The zero-order valence-corrected chi connectivity index (χ0v) is 11.5. The highest BCUT2D eigenvalue weighted by Gasteiger charge is 2.59. The third-order valence-electron chi connectivity index (χ3n) is 4.42. The van der Waals surface area contributed by atoms with Gasteiger partial charge in [0.15, 0.2) is 0 Å². The fourth-order valence-electron chi connectivity index (χ4n) is 3.29. The number of hydrogen-bond acceptors (Lipinski definition) is 4. The van der Waals surface area contributed by atoms with E-state index in [4.69, 9.17) is 18.1 Å². The number of nitrogens with two attached hydrogens (primary N) is 1. The Kier molecular flexibility index (Phi) is 3.18. The lowest BCUT2D eigenvalue weighted by Crippen LogP contribution is -2.73. The van der Waals surface area contributed by atoms with Crippen LogP contribution in [0.25, 0.3) is 0 Å². The number of halogens is 1. The molecule has 1 amide bonds. The Balaban J connectivity index is 1.83. The van der Waals surface area contributed by atoms with E-state index in [0.717, 1.165) is 0 Å². The fourth-order valence-corrected chi connectivity index (χ4v) is 3.77. The Morgan fingerprint density at radius 3 is 3.05 bits per heavy atom. The predicted octanol–water partition coefficient (Wildman–Crippen LogP) is 0.764. The lowest BCUT2D eigenvalue weighted by atomic mass is 9.61. The lowest BCUT2D eigenvalue weighted by molar-refractivity contribution is -0.132. The molecule has 0 spiro atoms. The summed E-state index contributed by atoms with van der Waals surface area (Å²) in [6, 6.07) is 2.89. The molecule has 1 unspecified atom stereocenters. The number of rotatable bonds is 2. The molecular formula is C13H15FN4OS. The number of nitrogens with zero attached hydrogens (tertiary/aromatic N) is 1. The normalized spacial score (nSPS) is 31.8. The fraction of sp³-hybridized carbons (Fsp3) is 0.462. The minimum Gasteiger partial charge on any atom is -0.374 e. The van der Waals surface area contributed by atoms with Crippen molar-refractivity contribution in [3.63, 3.8) is 0 Å². The number of carbonyl (C=O) groups excluding carboxylic acids is 1. The van der Waals surface area contributed by atoms with Crippen molar-refractivity contribution >= 4 is 23.1 Å². The van der Waals surface area contributed by atoms with Crippen LogP contribution in [-0.4, -0.2) is 21.9 Å². The number of aromatic nitrogens is 1. The second kappa shape index (κ2) is 4.75. The minimum atomic E-state index is -0.716. The van der Waals surface area contributed by atoms with Crippen LogP contribution in [0.5, 0.6) is 0 Å². The summed E-state index contributed by atoms with van der Waals surface area (Å²) in [4.78, 5) is 16.7. The van der Waals surface area contributed by atoms with Crippen LogP contribution in [0.2, 0.25) is 0 Å². The monoisotopic (exact) mass is 294 g/mol. The van der Waals surface area contributed by atoms with Crippen molar-refractivity contribution in [2.24, 2.45) is 11.3 Å². The van der Waals surface area contributed by atoms with Gasteiger partial charge in [-0.25, -0.2) is 10.2 Å². The molecule has 3 rings (SSSR count). The molecule has 106 valence electrons. The maximum Gasteiger partial charge on any atom is 0.249 e. The topological polar surface area (TPSA) is 80.0 Å².